The van der Waals surface area contributed by atoms with Crippen molar-refractivity contribution >= 4 is 5.97 Å². The molecule has 0 spiro atoms. The summed E-state index contributed by atoms with van der Waals surface area (Å²) in [4.78, 5) is 16.8. The van der Waals surface area contributed by atoms with Crippen molar-refractivity contribution in [1.82, 2.24) is 19.6 Å². The predicted molar refractivity (Wildman–Crippen MR) is 166 cm³/mol. The van der Waals surface area contributed by atoms with Crippen LogP contribution in [0.15, 0.2) is 54.8 Å². The average Bonchev–Trinajstić information content (AvgIpc) is 3.58. The zero-order valence-electron chi connectivity index (χ0n) is 25.8. The molecule has 228 valence electrons. The molecule has 1 saturated carbocycles. The Kier molecular flexibility index (Phi) is 10.00. The highest BCUT2D eigenvalue weighted by Gasteiger charge is 2.42. The first-order chi connectivity index (χ1) is 20.2. The fraction of sp³-hybridized carbons (Fsp3) is 0.600. The van der Waals surface area contributed by atoms with Crippen molar-refractivity contribution in [3.05, 3.63) is 77.4 Å². The molecule has 5 rings (SSSR count). The average molecular weight is 577 g/mol. The third kappa shape index (κ3) is 7.05. The molecular weight excluding hydrogens is 527 g/mol. The predicted octanol–water partition coefficient (Wildman–Crippen LogP) is 6.50. The van der Waals surface area contributed by atoms with Crippen LogP contribution in [0, 0.1) is 23.6 Å². The minimum atomic E-state index is -0.762. The van der Waals surface area contributed by atoms with Gasteiger partial charge in [0.2, 0.25) is 0 Å². The molecular formula is C35H49FN4O2. The second-order valence-corrected chi connectivity index (χ2v) is 13.2. The van der Waals surface area contributed by atoms with Crippen molar-refractivity contribution in [1.29, 1.82) is 0 Å². The summed E-state index contributed by atoms with van der Waals surface area (Å²) in [6.07, 6.45) is 17.2. The van der Waals surface area contributed by atoms with Gasteiger partial charge in [-0.25, -0.2) is 4.39 Å². The molecule has 5 atom stereocenters. The van der Waals surface area contributed by atoms with E-state index in [0.29, 0.717) is 17.8 Å². The van der Waals surface area contributed by atoms with E-state index in [0.717, 1.165) is 70.3 Å². The number of likely N-dealkylation sites (N-methyl/N-ethyl adjacent to an activating group) is 1. The highest BCUT2D eigenvalue weighted by molar-refractivity contribution is 5.73. The van der Waals surface area contributed by atoms with Crippen molar-refractivity contribution in [3.8, 4) is 0 Å². The number of carbonyl (C=O) groups is 1. The van der Waals surface area contributed by atoms with Gasteiger partial charge in [0.1, 0.15) is 11.9 Å². The number of halogens is 1. The molecule has 1 N–H and O–H groups in total. The third-order valence-electron chi connectivity index (χ3n) is 10.1. The van der Waals surface area contributed by atoms with Crippen molar-refractivity contribution in [3.63, 3.8) is 0 Å². The molecule has 42 heavy (non-hydrogen) atoms. The molecule has 0 radical (unpaired) electrons. The highest BCUT2D eigenvalue weighted by Crippen LogP contribution is 2.44. The Morgan fingerprint density at radius 1 is 1.17 bits per heavy atom. The molecule has 1 aromatic carbocycles. The number of allylic oxidation sites excluding steroid dienone is 4. The molecule has 1 aliphatic heterocycles. The van der Waals surface area contributed by atoms with Crippen LogP contribution in [-0.4, -0.2) is 69.4 Å². The van der Waals surface area contributed by atoms with Crippen LogP contribution in [0.25, 0.3) is 0 Å². The number of benzene rings is 1. The Morgan fingerprint density at radius 3 is 2.60 bits per heavy atom. The normalized spacial score (nSPS) is 26.0. The van der Waals surface area contributed by atoms with Crippen molar-refractivity contribution in [2.75, 3.05) is 26.7 Å². The first-order valence-electron chi connectivity index (χ1n) is 16.1. The van der Waals surface area contributed by atoms with Crippen molar-refractivity contribution < 1.29 is 14.3 Å². The first-order valence-corrected chi connectivity index (χ1v) is 16.1. The Hall–Kier alpha value is -2.77. The van der Waals surface area contributed by atoms with Gasteiger partial charge in [-0.3, -0.25) is 14.4 Å². The van der Waals surface area contributed by atoms with Crippen molar-refractivity contribution in [2.45, 2.75) is 89.8 Å². The lowest BCUT2D eigenvalue weighted by Crippen LogP contribution is -2.47. The molecule has 1 aromatic heterocycles. The second kappa shape index (κ2) is 13.7. The van der Waals surface area contributed by atoms with Crippen LogP contribution in [-0.2, 0) is 17.8 Å². The summed E-state index contributed by atoms with van der Waals surface area (Å²) < 4.78 is 16.5. The monoisotopic (exact) mass is 576 g/mol. The van der Waals surface area contributed by atoms with Gasteiger partial charge in [-0.1, -0.05) is 57.2 Å². The van der Waals surface area contributed by atoms with E-state index in [1.54, 1.807) is 6.07 Å². The smallest absolute Gasteiger partial charge is 0.321 e. The fourth-order valence-electron chi connectivity index (χ4n) is 7.88. The van der Waals surface area contributed by atoms with Gasteiger partial charge in [0.15, 0.2) is 0 Å². The molecule has 1 unspecified atom stereocenters. The number of aryl methyl sites for hydroxylation is 1. The number of aromatic nitrogens is 2. The van der Waals surface area contributed by atoms with E-state index in [1.807, 2.05) is 27.0 Å². The summed E-state index contributed by atoms with van der Waals surface area (Å²) in [6, 6.07) is 6.71. The molecule has 2 fully saturated rings. The zero-order valence-corrected chi connectivity index (χ0v) is 25.8. The third-order valence-corrected chi connectivity index (χ3v) is 10.1. The van der Waals surface area contributed by atoms with Crippen LogP contribution in [0.4, 0.5) is 4.39 Å². The fourth-order valence-corrected chi connectivity index (χ4v) is 7.88. The highest BCUT2D eigenvalue weighted by atomic mass is 19.1. The van der Waals surface area contributed by atoms with Crippen LogP contribution in [0.1, 0.15) is 81.5 Å². The summed E-state index contributed by atoms with van der Waals surface area (Å²) in [5.41, 5.74) is 3.72. The number of likely N-dealkylation sites (tertiary alicyclic amines) is 1. The number of nitrogens with zero attached hydrogens (tertiary/aromatic N) is 4. The summed E-state index contributed by atoms with van der Waals surface area (Å²) in [5.74, 6) is 0.702. The van der Waals surface area contributed by atoms with Gasteiger partial charge in [-0.2, -0.15) is 5.10 Å². The summed E-state index contributed by atoms with van der Waals surface area (Å²) in [5, 5.41) is 14.9. The van der Waals surface area contributed by atoms with E-state index in [-0.39, 0.29) is 23.7 Å². The number of carboxylic acid groups (broad SMARTS) is 1. The maximum Gasteiger partial charge on any atom is 0.321 e. The van der Waals surface area contributed by atoms with Gasteiger partial charge in [-0.15, -0.1) is 0 Å². The standard InChI is InChI=1S/C35H49FN4O2/c1-5-33-32(23-40(37-33)21-25-10-7-6-8-11-25)26-14-16-39(17-15-26)22-28-19-30(38(4)34(24(2)3)35(41)42)20-31(28)27-12-9-13-29(36)18-27/h6-10,12-13,18,23-26,28,30-31,34H,5,11,14-17,19-22H2,1-4H3,(H,41,42)/t25?,28-,30+,31-,34-/m1/s1. The maximum absolute atomic E-state index is 14.3. The molecule has 3 aliphatic rings. The lowest BCUT2D eigenvalue weighted by Gasteiger charge is -2.35. The largest absolute Gasteiger partial charge is 0.480 e. The number of aliphatic carboxylic acids is 1. The van der Waals surface area contributed by atoms with Gasteiger partial charge in [0.05, 0.1) is 5.69 Å². The molecule has 6 nitrogen and oxygen atoms in total. The van der Waals surface area contributed by atoms with E-state index in [9.17, 15) is 14.3 Å². The van der Waals surface area contributed by atoms with Crippen molar-refractivity contribution in [2.24, 2.45) is 17.8 Å². The van der Waals surface area contributed by atoms with Crippen LogP contribution in [0.3, 0.4) is 0 Å². The molecule has 2 heterocycles. The second-order valence-electron chi connectivity index (χ2n) is 13.2. The molecule has 0 amide bonds. The van der Waals surface area contributed by atoms with Crippen LogP contribution < -0.4 is 0 Å². The van der Waals surface area contributed by atoms with Gasteiger partial charge in [0.25, 0.3) is 0 Å². The van der Waals surface area contributed by atoms with Crippen LogP contribution >= 0.6 is 0 Å². The summed E-state index contributed by atoms with van der Waals surface area (Å²) in [6.45, 7) is 10.2. The van der Waals surface area contributed by atoms with Crippen LogP contribution in [0.5, 0.6) is 0 Å². The van der Waals surface area contributed by atoms with E-state index in [1.165, 1.54) is 17.3 Å². The number of hydrogen-bond donors (Lipinski definition) is 1. The summed E-state index contributed by atoms with van der Waals surface area (Å²) in [7, 11) is 1.96. The van der Waals surface area contributed by atoms with E-state index in [2.05, 4.69) is 58.0 Å². The number of hydrogen-bond acceptors (Lipinski definition) is 4. The van der Waals surface area contributed by atoms with Gasteiger partial charge < -0.3 is 10.0 Å². The van der Waals surface area contributed by atoms with Crippen LogP contribution in [0.2, 0.25) is 0 Å². The van der Waals surface area contributed by atoms with Gasteiger partial charge in [-0.05, 0) is 106 Å². The SMILES string of the molecule is CCc1nn(CC2C=CC=CC2)cc1C1CCN(C[C@H]2C[C@H](N(C)[C@@H](C(=O)O)C(C)C)C[C@@H]2c2cccc(F)c2)CC1. The molecule has 1 saturated heterocycles. The Morgan fingerprint density at radius 2 is 1.95 bits per heavy atom. The zero-order chi connectivity index (χ0) is 29.8. The topological polar surface area (TPSA) is 61.6 Å². The van der Waals surface area contributed by atoms with Gasteiger partial charge in [0, 0.05) is 31.2 Å². The Labute approximate surface area is 251 Å². The molecule has 2 aliphatic carbocycles. The quantitative estimate of drug-likeness (QED) is 0.331. The minimum absolute atomic E-state index is 0.0199. The molecule has 7 heteroatoms. The van der Waals surface area contributed by atoms with E-state index in [4.69, 9.17) is 5.10 Å². The first kappa shape index (κ1) is 30.7. The maximum atomic E-state index is 14.3. The number of rotatable bonds is 11. The lowest BCUT2D eigenvalue weighted by molar-refractivity contribution is -0.145. The lowest BCUT2D eigenvalue weighted by atomic mass is 9.86. The van der Waals surface area contributed by atoms with E-state index >= 15 is 0 Å². The molecule has 0 bridgehead atoms. The molecule has 2 aromatic rings. The van der Waals surface area contributed by atoms with Gasteiger partial charge >= 0.3 is 5.97 Å². The Bertz CT molecular complexity index is 1260. The summed E-state index contributed by atoms with van der Waals surface area (Å²) >= 11 is 0. The minimum Gasteiger partial charge on any atom is -0.480 e. The number of piperidine rings is 1. The van der Waals surface area contributed by atoms with E-state index < -0.39 is 12.0 Å². The Balaban J connectivity index is 1.25. The number of carboxylic acids is 1.